The molecule has 140 valence electrons. The van der Waals surface area contributed by atoms with Crippen LogP contribution in [0.5, 0.6) is 0 Å². The Labute approximate surface area is 163 Å². The lowest BCUT2D eigenvalue weighted by Gasteiger charge is -2.33. The molecule has 6 heteroatoms. The van der Waals surface area contributed by atoms with Gasteiger partial charge in [0, 0.05) is 36.8 Å². The van der Waals surface area contributed by atoms with Crippen LogP contribution in [-0.2, 0) is 11.3 Å². The minimum Gasteiger partial charge on any atom is -0.342 e. The molecule has 1 aromatic carbocycles. The minimum atomic E-state index is -0.0885. The highest BCUT2D eigenvalue weighted by molar-refractivity contribution is 7.07. The van der Waals surface area contributed by atoms with Crippen molar-refractivity contribution in [3.63, 3.8) is 0 Å². The fourth-order valence-electron chi connectivity index (χ4n) is 3.82. The van der Waals surface area contributed by atoms with E-state index in [-0.39, 0.29) is 11.8 Å². The van der Waals surface area contributed by atoms with Crippen LogP contribution in [0.2, 0.25) is 0 Å². The summed E-state index contributed by atoms with van der Waals surface area (Å²) in [6, 6.07) is 10.0. The number of amides is 1. The Morgan fingerprint density at radius 2 is 2.00 bits per heavy atom. The number of hydrogen-bond acceptors (Lipinski definition) is 4. The van der Waals surface area contributed by atoms with Gasteiger partial charge in [-0.3, -0.25) is 4.79 Å². The van der Waals surface area contributed by atoms with Crippen molar-refractivity contribution in [2.75, 3.05) is 13.1 Å². The van der Waals surface area contributed by atoms with Gasteiger partial charge in [0.15, 0.2) is 0 Å². The largest absolute Gasteiger partial charge is 0.342 e. The quantitative estimate of drug-likeness (QED) is 0.675. The van der Waals surface area contributed by atoms with Crippen molar-refractivity contribution >= 4 is 17.2 Å². The molecular formula is C21H24N4OS. The summed E-state index contributed by atoms with van der Waals surface area (Å²) in [5, 5.41) is 2.08. The van der Waals surface area contributed by atoms with Gasteiger partial charge in [-0.1, -0.05) is 30.3 Å². The molecule has 1 amide bonds. The maximum absolute atomic E-state index is 12.9. The predicted molar refractivity (Wildman–Crippen MR) is 107 cm³/mol. The van der Waals surface area contributed by atoms with Crippen LogP contribution in [-0.4, -0.2) is 38.4 Å². The molecule has 3 heterocycles. The fourth-order valence-corrected chi connectivity index (χ4v) is 4.37. The third kappa shape index (κ3) is 3.95. The molecule has 1 fully saturated rings. The second-order valence-corrected chi connectivity index (χ2v) is 7.84. The third-order valence-electron chi connectivity index (χ3n) is 5.41. The first kappa shape index (κ1) is 17.9. The predicted octanol–water partition coefficient (Wildman–Crippen LogP) is 3.90. The molecule has 1 aliphatic heterocycles. The van der Waals surface area contributed by atoms with Crippen molar-refractivity contribution in [1.29, 1.82) is 0 Å². The molecule has 0 radical (unpaired) electrons. The number of aromatic nitrogens is 3. The Balaban J connectivity index is 1.38. The molecule has 0 N–H and O–H groups in total. The monoisotopic (exact) mass is 380 g/mol. The van der Waals surface area contributed by atoms with E-state index in [0.29, 0.717) is 5.92 Å². The van der Waals surface area contributed by atoms with Gasteiger partial charge in [0.05, 0.1) is 23.7 Å². The van der Waals surface area contributed by atoms with Gasteiger partial charge < -0.3 is 9.47 Å². The average molecular weight is 381 g/mol. The van der Waals surface area contributed by atoms with E-state index < -0.39 is 0 Å². The molecule has 3 aromatic rings. The van der Waals surface area contributed by atoms with Crippen molar-refractivity contribution in [3.05, 3.63) is 70.7 Å². The van der Waals surface area contributed by atoms with Gasteiger partial charge in [-0.15, -0.1) is 11.3 Å². The molecule has 1 atom stereocenters. The summed E-state index contributed by atoms with van der Waals surface area (Å²) in [6.45, 7) is 4.36. The summed E-state index contributed by atoms with van der Waals surface area (Å²) in [5.74, 6) is 1.65. The zero-order valence-corrected chi connectivity index (χ0v) is 16.3. The number of imidazole rings is 1. The maximum atomic E-state index is 12.9. The van der Waals surface area contributed by atoms with Crippen LogP contribution in [0.4, 0.5) is 0 Å². The molecule has 0 bridgehead atoms. The average Bonchev–Trinajstić information content (AvgIpc) is 3.40. The van der Waals surface area contributed by atoms with Gasteiger partial charge >= 0.3 is 0 Å². The van der Waals surface area contributed by atoms with Crippen molar-refractivity contribution in [1.82, 2.24) is 19.4 Å². The first-order valence-electron chi connectivity index (χ1n) is 9.44. The summed E-state index contributed by atoms with van der Waals surface area (Å²) in [4.78, 5) is 23.9. The summed E-state index contributed by atoms with van der Waals surface area (Å²) in [6.07, 6.45) is 5.82. The van der Waals surface area contributed by atoms with Crippen LogP contribution in [0.3, 0.4) is 0 Å². The van der Waals surface area contributed by atoms with Crippen molar-refractivity contribution in [2.45, 2.75) is 38.1 Å². The number of carbonyl (C=O) groups excluding carboxylic acids is 1. The number of nitrogens with zero attached hydrogens (tertiary/aromatic N) is 4. The molecule has 5 nitrogen and oxygen atoms in total. The minimum absolute atomic E-state index is 0.0885. The molecule has 2 aromatic heterocycles. The van der Waals surface area contributed by atoms with Crippen molar-refractivity contribution < 1.29 is 4.79 Å². The van der Waals surface area contributed by atoms with E-state index in [1.54, 1.807) is 11.3 Å². The summed E-state index contributed by atoms with van der Waals surface area (Å²) in [5.41, 5.74) is 4.02. The maximum Gasteiger partial charge on any atom is 0.229 e. The van der Waals surface area contributed by atoms with Crippen molar-refractivity contribution in [2.24, 2.45) is 0 Å². The van der Waals surface area contributed by atoms with E-state index in [4.69, 9.17) is 0 Å². The number of carbonyl (C=O) groups is 1. The fraction of sp³-hybridized carbons (Fsp3) is 0.381. The number of rotatable bonds is 5. The number of benzene rings is 1. The van der Waals surface area contributed by atoms with E-state index in [2.05, 4.69) is 19.9 Å². The molecule has 1 saturated heterocycles. The molecule has 4 rings (SSSR count). The molecule has 0 unspecified atom stereocenters. The molecule has 27 heavy (non-hydrogen) atoms. The highest BCUT2D eigenvalue weighted by Gasteiger charge is 2.29. The Morgan fingerprint density at radius 1 is 1.22 bits per heavy atom. The van der Waals surface area contributed by atoms with Crippen LogP contribution >= 0.6 is 11.3 Å². The van der Waals surface area contributed by atoms with Gasteiger partial charge in [0.1, 0.15) is 5.82 Å². The lowest BCUT2D eigenvalue weighted by molar-refractivity contribution is -0.133. The number of hydrogen-bond donors (Lipinski definition) is 0. The van der Waals surface area contributed by atoms with Crippen LogP contribution in [0.1, 0.15) is 48.7 Å². The molecule has 0 saturated carbocycles. The zero-order valence-electron chi connectivity index (χ0n) is 15.5. The molecule has 0 spiro atoms. The summed E-state index contributed by atoms with van der Waals surface area (Å²) in [7, 11) is 0. The van der Waals surface area contributed by atoms with Gasteiger partial charge in [-0.25, -0.2) is 9.97 Å². The first-order chi connectivity index (χ1) is 13.2. The standard InChI is InChI=1S/C21H24N4OS/c1-16(17-5-3-2-4-6-17)21(26)24-10-7-18(8-11-24)20-22-9-12-25(20)13-19-14-27-15-23-19/h2-6,9,12,14-16,18H,7-8,10-11,13H2,1H3/t16-/m0/s1. The Morgan fingerprint density at radius 3 is 2.70 bits per heavy atom. The number of likely N-dealkylation sites (tertiary alicyclic amines) is 1. The number of thiazole rings is 1. The molecule has 1 aliphatic rings. The van der Waals surface area contributed by atoms with E-state index in [1.165, 1.54) is 0 Å². The lowest BCUT2D eigenvalue weighted by atomic mass is 9.93. The van der Waals surface area contributed by atoms with E-state index in [0.717, 1.165) is 49.6 Å². The second kappa shape index (κ2) is 8.05. The van der Waals surface area contributed by atoms with Crippen molar-refractivity contribution in [3.8, 4) is 0 Å². The highest BCUT2D eigenvalue weighted by Crippen LogP contribution is 2.29. The topological polar surface area (TPSA) is 51.0 Å². The van der Waals surface area contributed by atoms with Gasteiger partial charge in [-0.05, 0) is 25.3 Å². The van der Waals surface area contributed by atoms with E-state index >= 15 is 0 Å². The second-order valence-electron chi connectivity index (χ2n) is 7.13. The highest BCUT2D eigenvalue weighted by atomic mass is 32.1. The first-order valence-corrected chi connectivity index (χ1v) is 10.4. The van der Waals surface area contributed by atoms with Gasteiger partial charge in [0.2, 0.25) is 5.91 Å². The normalized spacial score (nSPS) is 16.4. The SMILES string of the molecule is C[C@H](C(=O)N1CCC(c2nccn2Cc2cscn2)CC1)c1ccccc1. The van der Waals surface area contributed by atoms with E-state index in [1.807, 2.05) is 60.1 Å². The van der Waals surface area contributed by atoms with Crippen LogP contribution < -0.4 is 0 Å². The zero-order chi connectivity index (χ0) is 18.6. The lowest BCUT2D eigenvalue weighted by Crippen LogP contribution is -2.40. The van der Waals surface area contributed by atoms with Gasteiger partial charge in [0.25, 0.3) is 0 Å². The third-order valence-corrected chi connectivity index (χ3v) is 6.04. The smallest absolute Gasteiger partial charge is 0.229 e. The summed E-state index contributed by atoms with van der Waals surface area (Å²) >= 11 is 1.62. The van der Waals surface area contributed by atoms with Crippen LogP contribution in [0.25, 0.3) is 0 Å². The number of piperidine rings is 1. The molecule has 0 aliphatic carbocycles. The van der Waals surface area contributed by atoms with Gasteiger partial charge in [-0.2, -0.15) is 0 Å². The van der Waals surface area contributed by atoms with Crippen LogP contribution in [0, 0.1) is 0 Å². The Bertz CT molecular complexity index is 867. The Kier molecular flexibility index (Phi) is 5.34. The van der Waals surface area contributed by atoms with Crippen LogP contribution in [0.15, 0.2) is 53.6 Å². The molecular weight excluding hydrogens is 356 g/mol. The summed E-state index contributed by atoms with van der Waals surface area (Å²) < 4.78 is 2.20. The van der Waals surface area contributed by atoms with E-state index in [9.17, 15) is 4.79 Å². The Hall–Kier alpha value is -2.47.